The maximum Gasteiger partial charge on any atom is 0.410 e. The molecule has 4 rings (SSSR count). The highest BCUT2D eigenvalue weighted by Crippen LogP contribution is 2.25. The number of nitrogens with one attached hydrogen (secondary N) is 1. The summed E-state index contributed by atoms with van der Waals surface area (Å²) in [5.74, 6) is 0.0778. The Morgan fingerprint density at radius 2 is 1.68 bits per heavy atom. The van der Waals surface area contributed by atoms with Crippen LogP contribution < -0.4 is 10.1 Å². The quantitative estimate of drug-likeness (QED) is 0.433. The molecule has 3 aromatic rings. The second-order valence-electron chi connectivity index (χ2n) is 10.1. The van der Waals surface area contributed by atoms with Gasteiger partial charge in [-0.25, -0.2) is 27.6 Å². The number of halogens is 1. The molecule has 212 valence electrons. The number of rotatable bonds is 7. The Bertz CT molecular complexity index is 1480. The Labute approximate surface area is 233 Å². The van der Waals surface area contributed by atoms with Crippen LogP contribution in [-0.2, 0) is 14.8 Å². The first-order valence-corrected chi connectivity index (χ1v) is 14.1. The molecule has 1 aliphatic rings. The summed E-state index contributed by atoms with van der Waals surface area (Å²) in [6.45, 7) is 5.65. The molecule has 1 N–H and O–H groups in total. The molecular formula is C28H32FN5O5S. The van der Waals surface area contributed by atoms with E-state index in [2.05, 4.69) is 15.3 Å². The van der Waals surface area contributed by atoms with E-state index in [0.29, 0.717) is 5.69 Å². The highest BCUT2D eigenvalue weighted by molar-refractivity contribution is 7.89. The predicted octanol–water partition coefficient (Wildman–Crippen LogP) is 4.78. The molecular weight excluding hydrogens is 537 g/mol. The highest BCUT2D eigenvalue weighted by Gasteiger charge is 2.33. The topological polar surface area (TPSA) is 114 Å². The van der Waals surface area contributed by atoms with Crippen LogP contribution in [0.1, 0.15) is 31.9 Å². The molecule has 1 aliphatic heterocycles. The van der Waals surface area contributed by atoms with Gasteiger partial charge in [-0.2, -0.15) is 4.31 Å². The first kappa shape index (κ1) is 29.0. The van der Waals surface area contributed by atoms with E-state index in [4.69, 9.17) is 9.47 Å². The van der Waals surface area contributed by atoms with Gasteiger partial charge in [-0.05, 0) is 56.7 Å². The minimum Gasteiger partial charge on any atom is -0.497 e. The molecule has 0 saturated carbocycles. The van der Waals surface area contributed by atoms with Crippen molar-refractivity contribution in [1.82, 2.24) is 19.2 Å². The fourth-order valence-electron chi connectivity index (χ4n) is 3.92. The number of ether oxygens (including phenoxy) is 2. The van der Waals surface area contributed by atoms with Gasteiger partial charge < -0.3 is 19.7 Å². The molecule has 2 aromatic carbocycles. The minimum absolute atomic E-state index is 0.0352. The molecule has 2 heterocycles. The number of hydrogen-bond donors (Lipinski definition) is 1. The Hall–Kier alpha value is -4.03. The number of anilines is 2. The summed E-state index contributed by atoms with van der Waals surface area (Å²) >= 11 is 0. The minimum atomic E-state index is -4.10. The van der Waals surface area contributed by atoms with Crippen LogP contribution in [0.15, 0.2) is 59.8 Å². The lowest BCUT2D eigenvalue weighted by molar-refractivity contribution is 0.0192. The van der Waals surface area contributed by atoms with E-state index in [1.807, 2.05) is 36.4 Å². The zero-order chi connectivity index (χ0) is 28.9. The Morgan fingerprint density at radius 3 is 2.30 bits per heavy atom. The smallest absolute Gasteiger partial charge is 0.410 e. The molecule has 10 nitrogen and oxygen atoms in total. The first-order chi connectivity index (χ1) is 18.9. The third-order valence-electron chi connectivity index (χ3n) is 5.93. The van der Waals surface area contributed by atoms with Crippen LogP contribution in [0, 0.1) is 5.82 Å². The molecule has 0 atom stereocenters. The van der Waals surface area contributed by atoms with E-state index in [1.165, 1.54) is 21.3 Å². The largest absolute Gasteiger partial charge is 0.497 e. The van der Waals surface area contributed by atoms with Crippen molar-refractivity contribution >= 4 is 39.9 Å². The van der Waals surface area contributed by atoms with Crippen molar-refractivity contribution in [3.8, 4) is 5.75 Å². The summed E-state index contributed by atoms with van der Waals surface area (Å²) in [4.78, 5) is 21.8. The van der Waals surface area contributed by atoms with Gasteiger partial charge in [0.25, 0.3) is 0 Å². The average molecular weight is 570 g/mol. The van der Waals surface area contributed by atoms with Crippen LogP contribution in [0.3, 0.4) is 0 Å². The molecule has 40 heavy (non-hydrogen) atoms. The summed E-state index contributed by atoms with van der Waals surface area (Å²) in [7, 11) is -2.49. The van der Waals surface area contributed by atoms with Gasteiger partial charge in [0.1, 0.15) is 22.1 Å². The van der Waals surface area contributed by atoms with Gasteiger partial charge in [-0.1, -0.05) is 24.3 Å². The number of methoxy groups -OCH3 is 1. The van der Waals surface area contributed by atoms with Crippen molar-refractivity contribution in [2.45, 2.75) is 31.3 Å². The summed E-state index contributed by atoms with van der Waals surface area (Å²) in [5.41, 5.74) is 1.36. The number of carbonyl (C=O) groups is 1. The van der Waals surface area contributed by atoms with E-state index < -0.39 is 32.4 Å². The van der Waals surface area contributed by atoms with E-state index in [9.17, 15) is 17.6 Å². The van der Waals surface area contributed by atoms with Crippen molar-refractivity contribution in [2.24, 2.45) is 0 Å². The Morgan fingerprint density at radius 1 is 1.00 bits per heavy atom. The number of benzene rings is 2. The van der Waals surface area contributed by atoms with Crippen LogP contribution in [0.5, 0.6) is 5.75 Å². The zero-order valence-electron chi connectivity index (χ0n) is 22.8. The van der Waals surface area contributed by atoms with Gasteiger partial charge in [0.2, 0.25) is 16.0 Å². The number of carbonyl (C=O) groups excluding carboxylic acids is 1. The number of sulfonamides is 1. The maximum absolute atomic E-state index is 15.0. The molecule has 1 amide bonds. The van der Waals surface area contributed by atoms with Crippen LogP contribution >= 0.6 is 0 Å². The number of nitrogens with zero attached hydrogens (tertiary/aromatic N) is 4. The van der Waals surface area contributed by atoms with Crippen molar-refractivity contribution < 1.29 is 27.1 Å². The van der Waals surface area contributed by atoms with Crippen molar-refractivity contribution in [3.63, 3.8) is 0 Å². The van der Waals surface area contributed by atoms with Gasteiger partial charge in [0, 0.05) is 49.8 Å². The van der Waals surface area contributed by atoms with E-state index in [1.54, 1.807) is 40.3 Å². The van der Waals surface area contributed by atoms with E-state index in [0.717, 1.165) is 22.9 Å². The van der Waals surface area contributed by atoms with Crippen molar-refractivity contribution in [1.29, 1.82) is 0 Å². The Kier molecular flexibility index (Phi) is 8.70. The van der Waals surface area contributed by atoms with Crippen LogP contribution in [0.25, 0.3) is 12.2 Å². The molecule has 1 aromatic heterocycles. The van der Waals surface area contributed by atoms with Crippen molar-refractivity contribution in [2.75, 3.05) is 38.6 Å². The third kappa shape index (κ3) is 7.33. The van der Waals surface area contributed by atoms with Gasteiger partial charge in [0.05, 0.1) is 7.11 Å². The molecule has 0 bridgehead atoms. The number of aromatic nitrogens is 2. The highest BCUT2D eigenvalue weighted by atomic mass is 32.2. The summed E-state index contributed by atoms with van der Waals surface area (Å²) in [6, 6.07) is 11.3. The lowest BCUT2D eigenvalue weighted by Crippen LogP contribution is -2.51. The van der Waals surface area contributed by atoms with E-state index in [-0.39, 0.29) is 32.1 Å². The molecule has 0 spiro atoms. The maximum atomic E-state index is 15.0. The SMILES string of the molecule is COc1cccc(C=Cc2cnc(Nc3ccc(S(=O)(=O)N4CCN(C(=O)OC(C)(C)C)CC4)c(F)c3)nc2)c1. The first-order valence-electron chi connectivity index (χ1n) is 12.6. The summed E-state index contributed by atoms with van der Waals surface area (Å²) in [5, 5.41) is 2.89. The van der Waals surface area contributed by atoms with E-state index >= 15 is 0 Å². The number of piperazine rings is 1. The second kappa shape index (κ2) is 12.0. The van der Waals surface area contributed by atoms with Gasteiger partial charge in [-0.3, -0.25) is 0 Å². The lowest BCUT2D eigenvalue weighted by Gasteiger charge is -2.35. The zero-order valence-corrected chi connectivity index (χ0v) is 23.6. The fraction of sp³-hybridized carbons (Fsp3) is 0.321. The molecule has 0 unspecified atom stereocenters. The second-order valence-corrected chi connectivity index (χ2v) is 12.0. The fourth-order valence-corrected chi connectivity index (χ4v) is 5.39. The van der Waals surface area contributed by atoms with Crippen molar-refractivity contribution in [3.05, 3.63) is 71.8 Å². The lowest BCUT2D eigenvalue weighted by atomic mass is 10.2. The van der Waals surface area contributed by atoms with Crippen LogP contribution in [0.2, 0.25) is 0 Å². The summed E-state index contributed by atoms with van der Waals surface area (Å²) in [6.07, 6.45) is 6.47. The standard InChI is InChI=1S/C28H32FN5O5S/c1-28(2,3)39-27(35)33-12-14-34(15-13-33)40(36,37)25-11-10-22(17-24(25)29)32-26-30-18-21(19-31-26)9-8-20-6-5-7-23(16-20)38-4/h5-11,16-19H,12-15H2,1-4H3,(H,30,31,32). The summed E-state index contributed by atoms with van der Waals surface area (Å²) < 4.78 is 52.9. The number of amides is 1. The normalized spacial score (nSPS) is 14.8. The predicted molar refractivity (Wildman–Crippen MR) is 150 cm³/mol. The van der Waals surface area contributed by atoms with Gasteiger partial charge in [-0.15, -0.1) is 0 Å². The van der Waals surface area contributed by atoms with Gasteiger partial charge in [0.15, 0.2) is 0 Å². The average Bonchev–Trinajstić information content (AvgIpc) is 2.92. The van der Waals surface area contributed by atoms with Crippen LogP contribution in [-0.4, -0.2) is 72.6 Å². The number of hydrogen-bond acceptors (Lipinski definition) is 8. The molecule has 1 saturated heterocycles. The molecule has 0 aliphatic carbocycles. The third-order valence-corrected chi connectivity index (χ3v) is 7.86. The molecule has 1 fully saturated rings. The monoisotopic (exact) mass is 569 g/mol. The molecule has 12 heteroatoms. The van der Waals surface area contributed by atoms with Crippen LogP contribution in [0.4, 0.5) is 20.8 Å². The molecule has 0 radical (unpaired) electrons. The van der Waals surface area contributed by atoms with Gasteiger partial charge >= 0.3 is 6.09 Å². The Balaban J connectivity index is 1.37.